The van der Waals surface area contributed by atoms with Crippen molar-refractivity contribution < 1.29 is 18.7 Å². The van der Waals surface area contributed by atoms with E-state index < -0.39 is 12.1 Å². The van der Waals surface area contributed by atoms with Crippen LogP contribution in [0.2, 0.25) is 0 Å². The van der Waals surface area contributed by atoms with Crippen molar-refractivity contribution in [1.29, 1.82) is 0 Å². The number of esters is 1. The van der Waals surface area contributed by atoms with E-state index in [2.05, 4.69) is 4.98 Å². The zero-order chi connectivity index (χ0) is 14.5. The predicted molar refractivity (Wildman–Crippen MR) is 72.1 cm³/mol. The number of hydrogen-bond donors (Lipinski definition) is 0. The molecule has 104 valence electrons. The largest absolute Gasteiger partial charge is 0.451 e. The fraction of sp³-hybridized carbons (Fsp3) is 0.267. The molecule has 0 fully saturated rings. The fourth-order valence-corrected chi connectivity index (χ4v) is 1.71. The van der Waals surface area contributed by atoms with E-state index >= 15 is 0 Å². The van der Waals surface area contributed by atoms with E-state index in [0.29, 0.717) is 17.7 Å². The Morgan fingerprint density at radius 2 is 2.00 bits per heavy atom. The Morgan fingerprint density at radius 3 is 2.55 bits per heavy atom. The van der Waals surface area contributed by atoms with E-state index in [1.54, 1.807) is 44.3 Å². The number of carbonyl (C=O) groups is 2. The average molecular weight is 273 g/mol. The molecule has 0 aliphatic carbocycles. The van der Waals surface area contributed by atoms with Crippen molar-refractivity contribution in [3.8, 4) is 11.3 Å². The van der Waals surface area contributed by atoms with Crippen LogP contribution < -0.4 is 0 Å². The quantitative estimate of drug-likeness (QED) is 0.783. The summed E-state index contributed by atoms with van der Waals surface area (Å²) in [4.78, 5) is 27.1. The standard InChI is InChI=1S/C15H15NO4/c1-3-13(17)10(2)20-15(18)12-6-4-11(5-7-12)14-8-16-9-19-14/h4-10H,3H2,1-2H3/t10-/m1/s1. The van der Waals surface area contributed by atoms with Gasteiger partial charge in [-0.3, -0.25) is 4.79 Å². The maximum absolute atomic E-state index is 11.9. The molecule has 1 atom stereocenters. The first-order chi connectivity index (χ1) is 9.61. The van der Waals surface area contributed by atoms with Gasteiger partial charge in [0.15, 0.2) is 24.0 Å². The second-order valence-corrected chi connectivity index (χ2v) is 4.31. The van der Waals surface area contributed by atoms with Crippen molar-refractivity contribution in [1.82, 2.24) is 4.98 Å². The summed E-state index contributed by atoms with van der Waals surface area (Å²) in [7, 11) is 0. The number of ketones is 1. The molecular formula is C15H15NO4. The highest BCUT2D eigenvalue weighted by atomic mass is 16.5. The fourth-order valence-electron chi connectivity index (χ4n) is 1.71. The van der Waals surface area contributed by atoms with Crippen LogP contribution in [-0.4, -0.2) is 22.8 Å². The summed E-state index contributed by atoms with van der Waals surface area (Å²) in [6.45, 7) is 3.31. The van der Waals surface area contributed by atoms with Gasteiger partial charge in [-0.2, -0.15) is 0 Å². The van der Waals surface area contributed by atoms with E-state index in [-0.39, 0.29) is 5.78 Å². The molecule has 0 spiro atoms. The summed E-state index contributed by atoms with van der Waals surface area (Å²) in [5, 5.41) is 0. The van der Waals surface area contributed by atoms with Crippen LogP contribution >= 0.6 is 0 Å². The van der Waals surface area contributed by atoms with Crippen molar-refractivity contribution in [2.24, 2.45) is 0 Å². The van der Waals surface area contributed by atoms with Crippen molar-refractivity contribution in [2.45, 2.75) is 26.4 Å². The number of ether oxygens (including phenoxy) is 1. The molecule has 0 radical (unpaired) electrons. The minimum atomic E-state index is -0.721. The summed E-state index contributed by atoms with van der Waals surface area (Å²) in [6, 6.07) is 6.74. The van der Waals surface area contributed by atoms with Crippen LogP contribution in [0.4, 0.5) is 0 Å². The van der Waals surface area contributed by atoms with Crippen LogP contribution in [0.1, 0.15) is 30.6 Å². The third kappa shape index (κ3) is 3.12. The van der Waals surface area contributed by atoms with Gasteiger partial charge in [0.2, 0.25) is 0 Å². The smallest absolute Gasteiger partial charge is 0.338 e. The first-order valence-corrected chi connectivity index (χ1v) is 6.34. The lowest BCUT2D eigenvalue weighted by molar-refractivity contribution is -0.126. The van der Waals surface area contributed by atoms with Crippen molar-refractivity contribution >= 4 is 11.8 Å². The molecule has 0 bridgehead atoms. The van der Waals surface area contributed by atoms with Gasteiger partial charge in [-0.05, 0) is 19.1 Å². The maximum atomic E-state index is 11.9. The van der Waals surface area contributed by atoms with Crippen LogP contribution in [0, 0.1) is 0 Å². The molecule has 1 aromatic carbocycles. The number of oxazole rings is 1. The van der Waals surface area contributed by atoms with Gasteiger partial charge in [0, 0.05) is 12.0 Å². The third-order valence-corrected chi connectivity index (χ3v) is 2.92. The summed E-state index contributed by atoms with van der Waals surface area (Å²) in [6.07, 6.45) is 2.56. The molecule has 0 unspecified atom stereocenters. The Hall–Kier alpha value is -2.43. The molecule has 0 saturated heterocycles. The van der Waals surface area contributed by atoms with Gasteiger partial charge in [-0.15, -0.1) is 0 Å². The minimum absolute atomic E-state index is 0.100. The topological polar surface area (TPSA) is 69.4 Å². The third-order valence-electron chi connectivity index (χ3n) is 2.92. The second-order valence-electron chi connectivity index (χ2n) is 4.31. The molecule has 0 saturated carbocycles. The highest BCUT2D eigenvalue weighted by molar-refractivity contribution is 5.93. The van der Waals surface area contributed by atoms with Gasteiger partial charge < -0.3 is 9.15 Å². The number of rotatable bonds is 5. The number of benzene rings is 1. The molecule has 5 heteroatoms. The summed E-state index contributed by atoms with van der Waals surface area (Å²) in [5.41, 5.74) is 1.21. The lowest BCUT2D eigenvalue weighted by Crippen LogP contribution is -2.23. The molecule has 20 heavy (non-hydrogen) atoms. The first-order valence-electron chi connectivity index (χ1n) is 6.34. The van der Waals surface area contributed by atoms with Crippen molar-refractivity contribution in [3.63, 3.8) is 0 Å². The van der Waals surface area contributed by atoms with Crippen LogP contribution in [0.3, 0.4) is 0 Å². The van der Waals surface area contributed by atoms with Crippen LogP contribution in [0.5, 0.6) is 0 Å². The van der Waals surface area contributed by atoms with Crippen LogP contribution in [0.15, 0.2) is 41.3 Å². The first kappa shape index (κ1) is 14.0. The minimum Gasteiger partial charge on any atom is -0.451 e. The monoisotopic (exact) mass is 273 g/mol. The van der Waals surface area contributed by atoms with E-state index in [1.165, 1.54) is 6.39 Å². The Morgan fingerprint density at radius 1 is 1.30 bits per heavy atom. The van der Waals surface area contributed by atoms with Crippen molar-refractivity contribution in [2.75, 3.05) is 0 Å². The van der Waals surface area contributed by atoms with E-state index in [1.807, 2.05) is 0 Å². The summed E-state index contributed by atoms with van der Waals surface area (Å²) < 4.78 is 10.3. The van der Waals surface area contributed by atoms with E-state index in [4.69, 9.17) is 9.15 Å². The lowest BCUT2D eigenvalue weighted by Gasteiger charge is -2.11. The Bertz CT molecular complexity index is 587. The Balaban J connectivity index is 2.06. The highest BCUT2D eigenvalue weighted by Gasteiger charge is 2.17. The van der Waals surface area contributed by atoms with Crippen LogP contribution in [0.25, 0.3) is 11.3 Å². The van der Waals surface area contributed by atoms with Crippen LogP contribution in [-0.2, 0) is 9.53 Å². The normalized spacial score (nSPS) is 11.9. The molecule has 2 rings (SSSR count). The van der Waals surface area contributed by atoms with Gasteiger partial charge in [0.1, 0.15) is 0 Å². The number of Topliss-reactive ketones (excluding diaryl/α,β-unsaturated/α-hetero) is 1. The predicted octanol–water partition coefficient (Wildman–Crippen LogP) is 2.87. The zero-order valence-corrected chi connectivity index (χ0v) is 11.3. The summed E-state index contributed by atoms with van der Waals surface area (Å²) in [5.74, 6) is 0.0134. The molecule has 0 aliphatic rings. The van der Waals surface area contributed by atoms with Gasteiger partial charge in [-0.1, -0.05) is 19.1 Å². The average Bonchev–Trinajstić information content (AvgIpc) is 3.00. The molecule has 0 amide bonds. The number of nitrogens with zero attached hydrogens (tertiary/aromatic N) is 1. The second kappa shape index (κ2) is 6.14. The molecule has 1 aromatic heterocycles. The lowest BCUT2D eigenvalue weighted by atomic mass is 10.1. The number of hydrogen-bond acceptors (Lipinski definition) is 5. The van der Waals surface area contributed by atoms with Crippen molar-refractivity contribution in [3.05, 3.63) is 42.4 Å². The Kier molecular flexibility index (Phi) is 4.30. The molecule has 5 nitrogen and oxygen atoms in total. The van der Waals surface area contributed by atoms with Gasteiger partial charge in [0.05, 0.1) is 11.8 Å². The SMILES string of the molecule is CCC(=O)[C@@H](C)OC(=O)c1ccc(-c2cnco2)cc1. The molecular weight excluding hydrogens is 258 g/mol. The van der Waals surface area contributed by atoms with Gasteiger partial charge in [-0.25, -0.2) is 9.78 Å². The summed E-state index contributed by atoms with van der Waals surface area (Å²) >= 11 is 0. The maximum Gasteiger partial charge on any atom is 0.338 e. The van der Waals surface area contributed by atoms with E-state index in [9.17, 15) is 9.59 Å². The molecule has 0 N–H and O–H groups in total. The molecule has 0 aliphatic heterocycles. The zero-order valence-electron chi connectivity index (χ0n) is 11.3. The molecule has 1 heterocycles. The number of aromatic nitrogens is 1. The van der Waals surface area contributed by atoms with Gasteiger partial charge >= 0.3 is 5.97 Å². The van der Waals surface area contributed by atoms with Gasteiger partial charge in [0.25, 0.3) is 0 Å². The molecule has 2 aromatic rings. The number of carbonyl (C=O) groups excluding carboxylic acids is 2. The Labute approximate surface area is 116 Å². The highest BCUT2D eigenvalue weighted by Crippen LogP contribution is 2.19. The van der Waals surface area contributed by atoms with E-state index in [0.717, 1.165) is 5.56 Å².